The van der Waals surface area contributed by atoms with E-state index >= 15 is 0 Å². The third-order valence-corrected chi connectivity index (χ3v) is 9.38. The van der Waals surface area contributed by atoms with Gasteiger partial charge in [0.25, 0.3) is 10.0 Å². The van der Waals surface area contributed by atoms with Crippen LogP contribution in [0.5, 0.6) is 0 Å². The van der Waals surface area contributed by atoms with Crippen molar-refractivity contribution in [3.05, 3.63) is 94.8 Å². The van der Waals surface area contributed by atoms with Gasteiger partial charge in [0.1, 0.15) is 18.4 Å². The molecule has 4 rings (SSSR count). The molecular formula is C30H30ClF4N3O4S. The third-order valence-electron chi connectivity index (χ3n) is 7.29. The van der Waals surface area contributed by atoms with Gasteiger partial charge in [0.05, 0.1) is 21.2 Å². The zero-order valence-corrected chi connectivity index (χ0v) is 24.7. The Balaban J connectivity index is 1.75. The Morgan fingerprint density at radius 2 is 1.63 bits per heavy atom. The largest absolute Gasteiger partial charge is 0.416 e. The first-order valence-electron chi connectivity index (χ1n) is 13.6. The molecule has 0 aromatic heterocycles. The van der Waals surface area contributed by atoms with Crippen LogP contribution < -0.4 is 9.62 Å². The molecule has 2 amide bonds. The second-order valence-electron chi connectivity index (χ2n) is 10.3. The van der Waals surface area contributed by atoms with Crippen molar-refractivity contribution in [2.45, 2.75) is 62.3 Å². The van der Waals surface area contributed by atoms with Crippen LogP contribution in [0.3, 0.4) is 0 Å². The first kappa shape index (κ1) is 32.3. The normalized spacial score (nSPS) is 14.7. The summed E-state index contributed by atoms with van der Waals surface area (Å²) in [5, 5.41) is 2.58. The highest BCUT2D eigenvalue weighted by atomic mass is 35.5. The summed E-state index contributed by atoms with van der Waals surface area (Å²) in [5.74, 6) is -1.88. The van der Waals surface area contributed by atoms with Gasteiger partial charge in [-0.25, -0.2) is 12.8 Å². The summed E-state index contributed by atoms with van der Waals surface area (Å²) in [5.41, 5.74) is -1.27. The summed E-state index contributed by atoms with van der Waals surface area (Å²) in [6, 6.07) is 13.1. The predicted molar refractivity (Wildman–Crippen MR) is 154 cm³/mol. The van der Waals surface area contributed by atoms with Crippen molar-refractivity contribution in [2.24, 2.45) is 0 Å². The van der Waals surface area contributed by atoms with E-state index in [9.17, 15) is 35.6 Å². The van der Waals surface area contributed by atoms with Gasteiger partial charge in [0, 0.05) is 12.6 Å². The number of amides is 2. The Hall–Kier alpha value is -3.64. The van der Waals surface area contributed by atoms with Crippen LogP contribution in [0.4, 0.5) is 23.2 Å². The molecule has 1 atom stereocenters. The number of hydrogen-bond donors (Lipinski definition) is 1. The van der Waals surface area contributed by atoms with Crippen molar-refractivity contribution < 1.29 is 35.6 Å². The lowest BCUT2D eigenvalue weighted by molar-refractivity contribution is -0.139. The molecule has 0 heterocycles. The van der Waals surface area contributed by atoms with Gasteiger partial charge >= 0.3 is 6.18 Å². The molecule has 0 spiro atoms. The van der Waals surface area contributed by atoms with E-state index in [1.165, 1.54) is 55.5 Å². The molecule has 0 bridgehead atoms. The lowest BCUT2D eigenvalue weighted by atomic mass is 10.1. The fourth-order valence-corrected chi connectivity index (χ4v) is 6.59. The maximum Gasteiger partial charge on any atom is 0.416 e. The number of nitrogens with zero attached hydrogens (tertiary/aromatic N) is 2. The van der Waals surface area contributed by atoms with E-state index in [-0.39, 0.29) is 22.5 Å². The van der Waals surface area contributed by atoms with Gasteiger partial charge in [-0.1, -0.05) is 54.8 Å². The molecule has 0 radical (unpaired) electrons. The number of carbonyl (C=O) groups excluding carboxylic acids is 2. The molecule has 1 saturated carbocycles. The summed E-state index contributed by atoms with van der Waals surface area (Å²) < 4.78 is 82.7. The average molecular weight is 640 g/mol. The van der Waals surface area contributed by atoms with Crippen LogP contribution in [-0.4, -0.2) is 43.8 Å². The van der Waals surface area contributed by atoms with Gasteiger partial charge in [-0.3, -0.25) is 13.9 Å². The number of benzene rings is 3. The molecular weight excluding hydrogens is 610 g/mol. The molecule has 1 unspecified atom stereocenters. The Bertz CT molecular complexity index is 1550. The molecule has 7 nitrogen and oxygen atoms in total. The fourth-order valence-electron chi connectivity index (χ4n) is 4.87. The van der Waals surface area contributed by atoms with Gasteiger partial charge in [-0.15, -0.1) is 0 Å². The third kappa shape index (κ3) is 7.85. The SMILES string of the molecule is CC(C(=O)NC1CCCC1)N(Cc1ccc(F)cc1)C(=O)CN(c1cc(C(F)(F)F)ccc1Cl)S(=O)(=O)c1ccccc1. The van der Waals surface area contributed by atoms with E-state index in [1.54, 1.807) is 6.07 Å². The predicted octanol–water partition coefficient (Wildman–Crippen LogP) is 6.17. The van der Waals surface area contributed by atoms with Crippen LogP contribution in [-0.2, 0) is 32.3 Å². The van der Waals surface area contributed by atoms with Crippen molar-refractivity contribution in [2.75, 3.05) is 10.8 Å². The number of anilines is 1. The molecule has 1 fully saturated rings. The van der Waals surface area contributed by atoms with Gasteiger partial charge in [-0.05, 0) is 67.8 Å². The molecule has 3 aromatic carbocycles. The maximum atomic E-state index is 14.0. The monoisotopic (exact) mass is 639 g/mol. The van der Waals surface area contributed by atoms with Gasteiger partial charge in [-0.2, -0.15) is 13.2 Å². The van der Waals surface area contributed by atoms with E-state index in [0.29, 0.717) is 22.0 Å². The first-order chi connectivity index (χ1) is 20.3. The van der Waals surface area contributed by atoms with Gasteiger partial charge in [0.15, 0.2) is 0 Å². The van der Waals surface area contributed by atoms with E-state index in [2.05, 4.69) is 5.32 Å². The molecule has 13 heteroatoms. The van der Waals surface area contributed by atoms with Gasteiger partial charge < -0.3 is 10.2 Å². The Kier molecular flexibility index (Phi) is 10.0. The molecule has 1 aliphatic rings. The van der Waals surface area contributed by atoms with Crippen molar-refractivity contribution in [1.29, 1.82) is 0 Å². The van der Waals surface area contributed by atoms with Crippen LogP contribution in [0.25, 0.3) is 0 Å². The highest BCUT2D eigenvalue weighted by molar-refractivity contribution is 7.92. The number of hydrogen-bond acceptors (Lipinski definition) is 4. The molecule has 230 valence electrons. The minimum Gasteiger partial charge on any atom is -0.352 e. The van der Waals surface area contributed by atoms with Gasteiger partial charge in [0.2, 0.25) is 11.8 Å². The molecule has 1 aliphatic carbocycles. The molecule has 0 aliphatic heterocycles. The quantitative estimate of drug-likeness (QED) is 0.269. The zero-order valence-electron chi connectivity index (χ0n) is 23.2. The fraction of sp³-hybridized carbons (Fsp3) is 0.333. The maximum absolute atomic E-state index is 14.0. The average Bonchev–Trinajstić information content (AvgIpc) is 3.48. The lowest BCUT2D eigenvalue weighted by Crippen LogP contribution is -2.52. The number of nitrogens with one attached hydrogen (secondary N) is 1. The van der Waals surface area contributed by atoms with E-state index in [0.717, 1.165) is 36.6 Å². The zero-order chi connectivity index (χ0) is 31.4. The summed E-state index contributed by atoms with van der Waals surface area (Å²) in [4.78, 5) is 28.0. The van der Waals surface area contributed by atoms with Crippen LogP contribution >= 0.6 is 11.6 Å². The van der Waals surface area contributed by atoms with Crippen molar-refractivity contribution in [1.82, 2.24) is 10.2 Å². The molecule has 43 heavy (non-hydrogen) atoms. The number of alkyl halides is 3. The first-order valence-corrected chi connectivity index (χ1v) is 15.4. The Labute approximate surface area is 252 Å². The molecule has 3 aromatic rings. The molecule has 1 N–H and O–H groups in total. The lowest BCUT2D eigenvalue weighted by Gasteiger charge is -2.33. The highest BCUT2D eigenvalue weighted by Crippen LogP contribution is 2.37. The summed E-state index contributed by atoms with van der Waals surface area (Å²) in [6.45, 7) is 0.299. The van der Waals surface area contributed by atoms with Crippen LogP contribution in [0.15, 0.2) is 77.7 Å². The minimum absolute atomic E-state index is 0.0726. The van der Waals surface area contributed by atoms with Crippen molar-refractivity contribution >= 4 is 39.1 Å². The van der Waals surface area contributed by atoms with Crippen molar-refractivity contribution in [3.8, 4) is 0 Å². The topological polar surface area (TPSA) is 86.8 Å². The summed E-state index contributed by atoms with van der Waals surface area (Å²) in [7, 11) is -4.63. The minimum atomic E-state index is -4.83. The summed E-state index contributed by atoms with van der Waals surface area (Å²) in [6.07, 6.45) is -1.38. The standard InChI is InChI=1S/C30H30ClF4N3O4S/c1-20(29(40)36-24-7-5-6-8-24)37(18-21-11-14-23(32)15-12-21)28(39)19-38(43(41,42)25-9-3-2-4-10-25)27-17-22(30(33,34)35)13-16-26(27)31/h2-4,9-17,20,24H,5-8,18-19H2,1H3,(H,36,40). The van der Waals surface area contributed by atoms with E-state index < -0.39 is 57.7 Å². The number of rotatable bonds is 10. The Morgan fingerprint density at radius 3 is 2.23 bits per heavy atom. The van der Waals surface area contributed by atoms with Crippen LogP contribution in [0.1, 0.15) is 43.7 Å². The van der Waals surface area contributed by atoms with E-state index in [1.807, 2.05) is 0 Å². The summed E-state index contributed by atoms with van der Waals surface area (Å²) >= 11 is 6.25. The number of sulfonamides is 1. The Morgan fingerprint density at radius 1 is 1.00 bits per heavy atom. The van der Waals surface area contributed by atoms with E-state index in [4.69, 9.17) is 11.6 Å². The number of carbonyl (C=O) groups is 2. The van der Waals surface area contributed by atoms with Crippen LogP contribution in [0, 0.1) is 5.82 Å². The van der Waals surface area contributed by atoms with Crippen LogP contribution in [0.2, 0.25) is 5.02 Å². The van der Waals surface area contributed by atoms with Crippen molar-refractivity contribution in [3.63, 3.8) is 0 Å². The smallest absolute Gasteiger partial charge is 0.352 e. The second-order valence-corrected chi connectivity index (χ2v) is 12.6. The molecule has 0 saturated heterocycles. The second kappa shape index (κ2) is 13.3. The highest BCUT2D eigenvalue weighted by Gasteiger charge is 2.36. The number of halogens is 5.